The Morgan fingerprint density at radius 2 is 2.43 bits per heavy atom. The van der Waals surface area contributed by atoms with Gasteiger partial charge in [0.2, 0.25) is 5.78 Å². The number of aromatic amines is 1. The van der Waals surface area contributed by atoms with Gasteiger partial charge < -0.3 is 4.98 Å². The van der Waals surface area contributed by atoms with Crippen LogP contribution in [0.2, 0.25) is 0 Å². The van der Waals surface area contributed by atoms with Crippen LogP contribution >= 0.6 is 11.3 Å². The number of thiazole rings is 1. The Hall–Kier alpha value is -1.75. The quantitative estimate of drug-likeness (QED) is 0.611. The number of hydrogen-bond acceptors (Lipinski definition) is 4. The van der Waals surface area contributed by atoms with Crippen molar-refractivity contribution in [3.63, 3.8) is 0 Å². The predicted octanol–water partition coefficient (Wildman–Crippen LogP) is 1.51. The van der Waals surface area contributed by atoms with Crippen LogP contribution in [-0.4, -0.2) is 22.0 Å². The van der Waals surface area contributed by atoms with Crippen LogP contribution in [-0.2, 0) is 0 Å². The minimum Gasteiger partial charge on any atom is -0.358 e. The van der Waals surface area contributed by atoms with Gasteiger partial charge in [0.15, 0.2) is 6.29 Å². The number of aromatic nitrogens is 2. The summed E-state index contributed by atoms with van der Waals surface area (Å²) in [5, 5.41) is 1.68. The van der Waals surface area contributed by atoms with E-state index in [2.05, 4.69) is 9.97 Å². The van der Waals surface area contributed by atoms with E-state index >= 15 is 0 Å². The molecule has 0 unspecified atom stereocenters. The van der Waals surface area contributed by atoms with E-state index in [4.69, 9.17) is 0 Å². The lowest BCUT2D eigenvalue weighted by Gasteiger charge is -1.89. The van der Waals surface area contributed by atoms with Crippen LogP contribution in [0, 0.1) is 0 Å². The van der Waals surface area contributed by atoms with Gasteiger partial charge in [0.05, 0.1) is 11.2 Å². The van der Waals surface area contributed by atoms with Gasteiger partial charge in [-0.3, -0.25) is 9.59 Å². The third kappa shape index (κ3) is 1.49. The molecule has 0 saturated carbocycles. The molecular formula is C9H6N2O2S. The number of nitrogens with one attached hydrogen (secondary N) is 1. The zero-order valence-electron chi connectivity index (χ0n) is 7.06. The van der Waals surface area contributed by atoms with Crippen molar-refractivity contribution in [1.29, 1.82) is 0 Å². The second kappa shape index (κ2) is 3.55. The van der Waals surface area contributed by atoms with Gasteiger partial charge in [0.1, 0.15) is 5.69 Å². The molecule has 0 amide bonds. The van der Waals surface area contributed by atoms with Gasteiger partial charge in [-0.2, -0.15) is 0 Å². The van der Waals surface area contributed by atoms with Gasteiger partial charge in [-0.15, -0.1) is 11.3 Å². The second-order valence-electron chi connectivity index (χ2n) is 2.66. The Kier molecular flexibility index (Phi) is 2.24. The van der Waals surface area contributed by atoms with Gasteiger partial charge in [-0.05, 0) is 6.07 Å². The molecule has 0 atom stereocenters. The fourth-order valence-electron chi connectivity index (χ4n) is 1.08. The van der Waals surface area contributed by atoms with Crippen LogP contribution < -0.4 is 0 Å². The van der Waals surface area contributed by atoms with Crippen molar-refractivity contribution in [3.8, 4) is 0 Å². The van der Waals surface area contributed by atoms with E-state index in [1.54, 1.807) is 10.9 Å². The Bertz CT molecular complexity index is 459. The number of ketones is 1. The van der Waals surface area contributed by atoms with E-state index in [0.717, 1.165) is 0 Å². The van der Waals surface area contributed by atoms with Crippen molar-refractivity contribution in [1.82, 2.24) is 9.97 Å². The van der Waals surface area contributed by atoms with Gasteiger partial charge in [0, 0.05) is 17.1 Å². The maximum absolute atomic E-state index is 11.6. The molecule has 14 heavy (non-hydrogen) atoms. The molecule has 1 N–H and O–H groups in total. The molecule has 70 valence electrons. The maximum Gasteiger partial charge on any atom is 0.213 e. The first-order valence-electron chi connectivity index (χ1n) is 3.88. The maximum atomic E-state index is 11.6. The molecule has 0 aromatic carbocycles. The number of rotatable bonds is 3. The SMILES string of the molecule is O=Cc1cc(C(=O)c2cscn2)c[nH]1. The molecule has 0 aliphatic carbocycles. The van der Waals surface area contributed by atoms with Gasteiger partial charge in [-0.1, -0.05) is 0 Å². The summed E-state index contributed by atoms with van der Waals surface area (Å²) in [4.78, 5) is 28.6. The fraction of sp³-hybridized carbons (Fsp3) is 0. The van der Waals surface area contributed by atoms with Crippen molar-refractivity contribution in [2.45, 2.75) is 0 Å². The largest absolute Gasteiger partial charge is 0.358 e. The molecule has 0 bridgehead atoms. The summed E-state index contributed by atoms with van der Waals surface area (Å²) in [5.41, 5.74) is 2.86. The van der Waals surface area contributed by atoms with Crippen LogP contribution in [0.1, 0.15) is 26.5 Å². The normalized spacial score (nSPS) is 10.0. The molecule has 5 heteroatoms. The Morgan fingerprint density at radius 1 is 1.57 bits per heavy atom. The van der Waals surface area contributed by atoms with Crippen molar-refractivity contribution in [2.75, 3.05) is 0 Å². The first kappa shape index (κ1) is 8.83. The third-order valence-electron chi connectivity index (χ3n) is 1.76. The summed E-state index contributed by atoms with van der Waals surface area (Å²) in [6, 6.07) is 1.51. The Morgan fingerprint density at radius 3 is 3.00 bits per heavy atom. The van der Waals surface area contributed by atoms with Crippen molar-refractivity contribution in [2.24, 2.45) is 0 Å². The molecular weight excluding hydrogens is 200 g/mol. The van der Waals surface area contributed by atoms with Crippen LogP contribution in [0.15, 0.2) is 23.2 Å². The molecule has 0 saturated heterocycles. The van der Waals surface area contributed by atoms with E-state index in [0.29, 0.717) is 23.2 Å². The van der Waals surface area contributed by atoms with Crippen molar-refractivity contribution >= 4 is 23.4 Å². The summed E-state index contributed by atoms with van der Waals surface area (Å²) in [6.07, 6.45) is 2.17. The van der Waals surface area contributed by atoms with E-state index in [1.165, 1.54) is 23.6 Å². The number of aldehydes is 1. The zero-order valence-corrected chi connectivity index (χ0v) is 7.88. The summed E-state index contributed by atoms with van der Waals surface area (Å²) in [7, 11) is 0. The molecule has 0 aliphatic rings. The molecule has 2 aromatic rings. The summed E-state index contributed by atoms with van der Waals surface area (Å²) < 4.78 is 0. The van der Waals surface area contributed by atoms with E-state index in [-0.39, 0.29) is 5.78 Å². The molecule has 0 spiro atoms. The van der Waals surface area contributed by atoms with Crippen molar-refractivity contribution in [3.05, 3.63) is 40.1 Å². The van der Waals surface area contributed by atoms with Crippen LogP contribution in [0.25, 0.3) is 0 Å². The van der Waals surface area contributed by atoms with E-state index in [9.17, 15) is 9.59 Å². The van der Waals surface area contributed by atoms with E-state index in [1.807, 2.05) is 0 Å². The minimum absolute atomic E-state index is 0.171. The third-order valence-corrected chi connectivity index (χ3v) is 2.35. The molecule has 2 aromatic heterocycles. The highest BCUT2D eigenvalue weighted by Gasteiger charge is 2.12. The fourth-order valence-corrected chi connectivity index (χ4v) is 1.62. The first-order chi connectivity index (χ1) is 6.81. The van der Waals surface area contributed by atoms with Gasteiger partial charge in [0.25, 0.3) is 0 Å². The highest BCUT2D eigenvalue weighted by Crippen LogP contribution is 2.10. The first-order valence-corrected chi connectivity index (χ1v) is 4.82. The summed E-state index contributed by atoms with van der Waals surface area (Å²) in [6.45, 7) is 0. The molecule has 0 aliphatic heterocycles. The smallest absolute Gasteiger partial charge is 0.213 e. The lowest BCUT2D eigenvalue weighted by molar-refractivity contribution is 0.103. The predicted molar refractivity (Wildman–Crippen MR) is 51.7 cm³/mol. The molecule has 2 heterocycles. The molecule has 2 rings (SSSR count). The summed E-state index contributed by atoms with van der Waals surface area (Å²) >= 11 is 1.36. The van der Waals surface area contributed by atoms with Crippen molar-refractivity contribution < 1.29 is 9.59 Å². The zero-order chi connectivity index (χ0) is 9.97. The molecule has 4 nitrogen and oxygen atoms in total. The van der Waals surface area contributed by atoms with Gasteiger partial charge >= 0.3 is 0 Å². The van der Waals surface area contributed by atoms with Crippen LogP contribution in [0.5, 0.6) is 0 Å². The number of nitrogens with zero attached hydrogens (tertiary/aromatic N) is 1. The number of carbonyl (C=O) groups is 2. The topological polar surface area (TPSA) is 62.8 Å². The Balaban J connectivity index is 2.32. The lowest BCUT2D eigenvalue weighted by Crippen LogP contribution is -1.99. The molecule has 0 fully saturated rings. The monoisotopic (exact) mass is 206 g/mol. The van der Waals surface area contributed by atoms with E-state index < -0.39 is 0 Å². The number of carbonyl (C=O) groups excluding carboxylic acids is 2. The summed E-state index contributed by atoms with van der Waals surface area (Å²) in [5.74, 6) is -0.171. The van der Waals surface area contributed by atoms with Crippen LogP contribution in [0.4, 0.5) is 0 Å². The van der Waals surface area contributed by atoms with Gasteiger partial charge in [-0.25, -0.2) is 4.98 Å². The minimum atomic E-state index is -0.171. The number of hydrogen-bond donors (Lipinski definition) is 1. The average Bonchev–Trinajstić information content (AvgIpc) is 2.88. The highest BCUT2D eigenvalue weighted by molar-refractivity contribution is 7.07. The standard InChI is InChI=1S/C9H6N2O2S/c12-3-7-1-6(2-10-7)9(13)8-4-14-5-11-8/h1-5,10H. The van der Waals surface area contributed by atoms with Crippen LogP contribution in [0.3, 0.4) is 0 Å². The second-order valence-corrected chi connectivity index (χ2v) is 3.38. The average molecular weight is 206 g/mol. The number of H-pyrrole nitrogens is 1. The Labute approximate surface area is 83.6 Å². The lowest BCUT2D eigenvalue weighted by atomic mass is 10.2. The molecule has 0 radical (unpaired) electrons. The highest BCUT2D eigenvalue weighted by atomic mass is 32.1.